The van der Waals surface area contributed by atoms with Gasteiger partial charge in [0.05, 0.1) is 12.7 Å². The summed E-state index contributed by atoms with van der Waals surface area (Å²) in [6.45, 7) is 1.75. The molecule has 0 spiro atoms. The van der Waals surface area contributed by atoms with E-state index in [1.54, 1.807) is 42.3 Å². The second kappa shape index (κ2) is 9.48. The fourth-order valence-corrected chi connectivity index (χ4v) is 3.66. The largest absolute Gasteiger partial charge is 0.493 e. The van der Waals surface area contributed by atoms with Crippen LogP contribution in [0.3, 0.4) is 0 Å². The van der Waals surface area contributed by atoms with E-state index in [1.807, 2.05) is 17.0 Å². The number of ether oxygens (including phenoxy) is 2. The van der Waals surface area contributed by atoms with Crippen molar-refractivity contribution in [1.29, 1.82) is 0 Å². The van der Waals surface area contributed by atoms with Crippen molar-refractivity contribution in [3.8, 4) is 11.5 Å². The number of amides is 1. The molecule has 0 N–H and O–H groups in total. The van der Waals surface area contributed by atoms with E-state index in [0.717, 1.165) is 12.1 Å². The number of halogens is 3. The third kappa shape index (κ3) is 5.24. The first-order valence-corrected chi connectivity index (χ1v) is 10.4. The van der Waals surface area contributed by atoms with Crippen LogP contribution < -0.4 is 14.4 Å². The van der Waals surface area contributed by atoms with Gasteiger partial charge in [-0.05, 0) is 42.5 Å². The number of piperazine rings is 1. The SMILES string of the molecule is COc1ccccc1OCc1ccc(C(=O)N2CCN(c3cccc(C(F)(F)F)c3)CC2)o1. The molecule has 174 valence electrons. The van der Waals surface area contributed by atoms with Crippen molar-refractivity contribution in [2.24, 2.45) is 0 Å². The fraction of sp³-hybridized carbons (Fsp3) is 0.292. The number of rotatable bonds is 6. The van der Waals surface area contributed by atoms with Gasteiger partial charge in [-0.25, -0.2) is 0 Å². The van der Waals surface area contributed by atoms with E-state index >= 15 is 0 Å². The Balaban J connectivity index is 1.33. The maximum absolute atomic E-state index is 13.0. The van der Waals surface area contributed by atoms with Crippen LogP contribution in [0.25, 0.3) is 0 Å². The molecular weight excluding hydrogens is 437 g/mol. The average molecular weight is 460 g/mol. The third-order valence-electron chi connectivity index (χ3n) is 5.42. The molecule has 2 aromatic carbocycles. The van der Waals surface area contributed by atoms with Gasteiger partial charge in [0.25, 0.3) is 5.91 Å². The number of alkyl halides is 3. The molecule has 9 heteroatoms. The minimum atomic E-state index is -4.39. The maximum atomic E-state index is 13.0. The molecule has 3 aromatic rings. The number of nitrogens with zero attached hydrogens (tertiary/aromatic N) is 2. The van der Waals surface area contributed by atoms with E-state index in [4.69, 9.17) is 13.9 Å². The number of furan rings is 1. The van der Waals surface area contributed by atoms with Crippen LogP contribution in [0.2, 0.25) is 0 Å². The van der Waals surface area contributed by atoms with Gasteiger partial charge in [0.2, 0.25) is 0 Å². The summed E-state index contributed by atoms with van der Waals surface area (Å²) in [6.07, 6.45) is -4.39. The zero-order valence-corrected chi connectivity index (χ0v) is 18.0. The number of hydrogen-bond donors (Lipinski definition) is 0. The highest BCUT2D eigenvalue weighted by molar-refractivity contribution is 5.91. The highest BCUT2D eigenvalue weighted by atomic mass is 19.4. The van der Waals surface area contributed by atoms with Crippen molar-refractivity contribution in [1.82, 2.24) is 4.90 Å². The minimum Gasteiger partial charge on any atom is -0.493 e. The predicted molar refractivity (Wildman–Crippen MR) is 116 cm³/mol. The molecule has 33 heavy (non-hydrogen) atoms. The summed E-state index contributed by atoms with van der Waals surface area (Å²) >= 11 is 0. The predicted octanol–water partition coefficient (Wildman–Crippen LogP) is 4.85. The standard InChI is InChI=1S/C24H23F3N2O4/c1-31-20-7-2-3-8-21(20)32-16-19-9-10-22(33-19)23(30)29-13-11-28(12-14-29)18-6-4-5-17(15-18)24(25,26)27/h2-10,15H,11-14,16H2,1H3. The lowest BCUT2D eigenvalue weighted by Crippen LogP contribution is -2.48. The van der Waals surface area contributed by atoms with Gasteiger partial charge in [0, 0.05) is 31.9 Å². The van der Waals surface area contributed by atoms with Gasteiger partial charge in [-0.2, -0.15) is 13.2 Å². The van der Waals surface area contributed by atoms with Crippen LogP contribution in [0, 0.1) is 0 Å². The van der Waals surface area contributed by atoms with Crippen molar-refractivity contribution >= 4 is 11.6 Å². The molecule has 1 aliphatic rings. The zero-order chi connectivity index (χ0) is 23.4. The van der Waals surface area contributed by atoms with Gasteiger partial charge in [0.1, 0.15) is 12.4 Å². The molecule has 1 fully saturated rings. The van der Waals surface area contributed by atoms with Crippen molar-refractivity contribution in [3.63, 3.8) is 0 Å². The van der Waals surface area contributed by atoms with Crippen molar-refractivity contribution in [3.05, 3.63) is 77.7 Å². The molecule has 0 atom stereocenters. The first kappa shape index (κ1) is 22.6. The summed E-state index contributed by atoms with van der Waals surface area (Å²) in [5.74, 6) is 1.59. The lowest BCUT2D eigenvalue weighted by atomic mass is 10.1. The number of para-hydroxylation sites is 2. The molecule has 1 amide bonds. The summed E-state index contributed by atoms with van der Waals surface area (Å²) in [6, 6.07) is 15.7. The molecule has 0 unspecified atom stereocenters. The van der Waals surface area contributed by atoms with Gasteiger partial charge in [-0.1, -0.05) is 18.2 Å². The van der Waals surface area contributed by atoms with Crippen LogP contribution in [-0.4, -0.2) is 44.1 Å². The van der Waals surface area contributed by atoms with E-state index < -0.39 is 11.7 Å². The average Bonchev–Trinajstić information content (AvgIpc) is 3.31. The van der Waals surface area contributed by atoms with E-state index in [-0.39, 0.29) is 18.3 Å². The third-order valence-corrected chi connectivity index (χ3v) is 5.42. The Hall–Kier alpha value is -3.62. The first-order valence-electron chi connectivity index (χ1n) is 10.4. The summed E-state index contributed by atoms with van der Waals surface area (Å²) in [5.41, 5.74) is -0.192. The lowest BCUT2D eigenvalue weighted by Gasteiger charge is -2.36. The number of anilines is 1. The van der Waals surface area contributed by atoms with E-state index in [2.05, 4.69) is 0 Å². The Morgan fingerprint density at radius 2 is 1.70 bits per heavy atom. The van der Waals surface area contributed by atoms with Crippen LogP contribution in [0.1, 0.15) is 21.9 Å². The number of hydrogen-bond acceptors (Lipinski definition) is 5. The highest BCUT2D eigenvalue weighted by Gasteiger charge is 2.31. The summed E-state index contributed by atoms with van der Waals surface area (Å²) in [5, 5.41) is 0. The molecule has 0 radical (unpaired) electrons. The van der Waals surface area contributed by atoms with Gasteiger partial charge >= 0.3 is 6.18 Å². The zero-order valence-electron chi connectivity index (χ0n) is 18.0. The van der Waals surface area contributed by atoms with Crippen molar-refractivity contribution < 1.29 is 31.9 Å². The van der Waals surface area contributed by atoms with Crippen LogP contribution in [0.4, 0.5) is 18.9 Å². The number of carbonyl (C=O) groups is 1. The van der Waals surface area contributed by atoms with Gasteiger partial charge in [-0.15, -0.1) is 0 Å². The van der Waals surface area contributed by atoms with E-state index in [9.17, 15) is 18.0 Å². The summed E-state index contributed by atoms with van der Waals surface area (Å²) in [7, 11) is 1.55. The second-order valence-corrected chi connectivity index (χ2v) is 7.53. The fourth-order valence-electron chi connectivity index (χ4n) is 3.66. The van der Waals surface area contributed by atoms with E-state index in [0.29, 0.717) is 49.1 Å². The van der Waals surface area contributed by atoms with Gasteiger partial charge in [-0.3, -0.25) is 4.79 Å². The molecule has 0 aliphatic carbocycles. The Morgan fingerprint density at radius 1 is 0.970 bits per heavy atom. The smallest absolute Gasteiger partial charge is 0.416 e. The number of methoxy groups -OCH3 is 1. The van der Waals surface area contributed by atoms with Crippen LogP contribution in [0.15, 0.2) is 65.1 Å². The van der Waals surface area contributed by atoms with Gasteiger partial charge < -0.3 is 23.7 Å². The molecule has 1 aromatic heterocycles. The lowest BCUT2D eigenvalue weighted by molar-refractivity contribution is -0.137. The second-order valence-electron chi connectivity index (χ2n) is 7.53. The van der Waals surface area contributed by atoms with Gasteiger partial charge in [0.15, 0.2) is 17.3 Å². The summed E-state index contributed by atoms with van der Waals surface area (Å²) in [4.78, 5) is 16.3. The van der Waals surface area contributed by atoms with Crippen LogP contribution in [-0.2, 0) is 12.8 Å². The number of carbonyl (C=O) groups excluding carboxylic acids is 1. The Morgan fingerprint density at radius 3 is 2.39 bits per heavy atom. The Bertz CT molecular complexity index is 1100. The Kier molecular flexibility index (Phi) is 6.48. The quantitative estimate of drug-likeness (QED) is 0.527. The monoisotopic (exact) mass is 460 g/mol. The molecule has 1 saturated heterocycles. The van der Waals surface area contributed by atoms with Crippen LogP contribution in [0.5, 0.6) is 11.5 Å². The molecule has 4 rings (SSSR count). The maximum Gasteiger partial charge on any atom is 0.416 e. The molecule has 2 heterocycles. The number of benzene rings is 2. The normalized spacial score (nSPS) is 14.3. The topological polar surface area (TPSA) is 55.2 Å². The molecule has 0 saturated carbocycles. The molecule has 0 bridgehead atoms. The van der Waals surface area contributed by atoms with E-state index in [1.165, 1.54) is 6.07 Å². The van der Waals surface area contributed by atoms with Crippen LogP contribution >= 0.6 is 0 Å². The van der Waals surface area contributed by atoms with Crippen molar-refractivity contribution in [2.75, 3.05) is 38.2 Å². The molecule has 6 nitrogen and oxygen atoms in total. The minimum absolute atomic E-state index is 0.136. The molecular formula is C24H23F3N2O4. The van der Waals surface area contributed by atoms with Crippen molar-refractivity contribution in [2.45, 2.75) is 12.8 Å². The highest BCUT2D eigenvalue weighted by Crippen LogP contribution is 2.32. The Labute approximate surface area is 189 Å². The first-order chi connectivity index (χ1) is 15.8. The molecule has 1 aliphatic heterocycles. The summed E-state index contributed by atoms with van der Waals surface area (Å²) < 4.78 is 55.6.